The quantitative estimate of drug-likeness (QED) is 0.489. The molecule has 43 heavy (non-hydrogen) atoms. The molecule has 2 N–H and O–H groups in total. The molecule has 5 atom stereocenters. The Balaban J connectivity index is 1.82. The first-order valence-electron chi connectivity index (χ1n) is 14.5. The third-order valence-corrected chi connectivity index (χ3v) is 7.89. The molecule has 0 saturated carbocycles. The van der Waals surface area contributed by atoms with E-state index in [1.165, 1.54) is 25.1 Å². The Morgan fingerprint density at radius 1 is 1.07 bits per heavy atom. The van der Waals surface area contributed by atoms with Crippen molar-refractivity contribution in [2.24, 2.45) is 11.3 Å². The smallest absolute Gasteiger partial charge is 0.410 e. The molecule has 3 unspecified atom stereocenters. The number of nitrogens with zero attached hydrogens (tertiary/aromatic N) is 3. The van der Waals surface area contributed by atoms with Gasteiger partial charge in [0.15, 0.2) is 11.6 Å². The Labute approximate surface area is 252 Å². The van der Waals surface area contributed by atoms with Gasteiger partial charge in [-0.15, -0.1) is 0 Å². The lowest BCUT2D eigenvalue weighted by atomic mass is 9.85. The molecule has 5 amide bonds. The largest absolute Gasteiger partial charge is 0.493 e. The molecule has 0 radical (unpaired) electrons. The summed E-state index contributed by atoms with van der Waals surface area (Å²) in [5.74, 6) is -3.08. The molecule has 0 spiro atoms. The molecular formula is C30H45F2N5O6. The second-order valence-corrected chi connectivity index (χ2v) is 13.3. The molecule has 2 aliphatic heterocycles. The number of fused-ring (bicyclic) bond motifs is 1. The van der Waals surface area contributed by atoms with Gasteiger partial charge in [-0.05, 0) is 51.7 Å². The summed E-state index contributed by atoms with van der Waals surface area (Å²) in [6.07, 6.45) is -0.144. The Bertz CT molecular complexity index is 1220. The zero-order chi connectivity index (χ0) is 32.4. The molecule has 2 heterocycles. The highest BCUT2D eigenvalue weighted by molar-refractivity contribution is 5.92. The number of urea groups is 1. The van der Waals surface area contributed by atoms with Gasteiger partial charge in [0.1, 0.15) is 23.4 Å². The zero-order valence-electron chi connectivity index (χ0n) is 26.5. The van der Waals surface area contributed by atoms with Crippen molar-refractivity contribution in [3.8, 4) is 5.75 Å². The van der Waals surface area contributed by atoms with Gasteiger partial charge in [-0.3, -0.25) is 14.5 Å². The summed E-state index contributed by atoms with van der Waals surface area (Å²) < 4.78 is 38.4. The van der Waals surface area contributed by atoms with Crippen molar-refractivity contribution in [3.63, 3.8) is 0 Å². The summed E-state index contributed by atoms with van der Waals surface area (Å²) in [5.41, 5.74) is -1.45. The summed E-state index contributed by atoms with van der Waals surface area (Å²) >= 11 is 0. The van der Waals surface area contributed by atoms with E-state index in [4.69, 9.17) is 9.47 Å². The normalized spacial score (nSPS) is 21.5. The van der Waals surface area contributed by atoms with Gasteiger partial charge in [-0.25, -0.2) is 18.4 Å². The van der Waals surface area contributed by atoms with E-state index in [0.29, 0.717) is 13.0 Å². The molecule has 2 aliphatic rings. The van der Waals surface area contributed by atoms with Crippen LogP contribution in [0.25, 0.3) is 0 Å². The van der Waals surface area contributed by atoms with E-state index in [0.717, 1.165) is 12.1 Å². The topological polar surface area (TPSA) is 121 Å². The van der Waals surface area contributed by atoms with Crippen molar-refractivity contribution in [3.05, 3.63) is 29.8 Å². The maximum Gasteiger partial charge on any atom is 0.410 e. The lowest BCUT2D eigenvalue weighted by Crippen LogP contribution is -2.60. The monoisotopic (exact) mass is 609 g/mol. The molecule has 0 aromatic heterocycles. The number of likely N-dealkylation sites (N-methyl/N-ethyl adjacent to an activating group) is 1. The lowest BCUT2D eigenvalue weighted by molar-refractivity contribution is -0.141. The van der Waals surface area contributed by atoms with Crippen molar-refractivity contribution in [2.75, 3.05) is 33.8 Å². The standard InChI is InChI=1S/C30H45F2N5O6/c1-17(35(9)28(41)43-30(5,6)7)25(38)34-24(29(2,3)4)26(39)36-13-12-22-23(36)18(15-37(22)27(40)33-8)16-42-19-10-11-20(31)21(32)14-19/h10-11,14,17-18,22-24H,12-13,15-16H2,1-9H3,(H,33,40)(H,34,38)/t17-,18+,22?,23?,24?/m0/s1. The number of nitrogens with one attached hydrogen (secondary N) is 2. The minimum Gasteiger partial charge on any atom is -0.493 e. The first kappa shape index (κ1) is 33.9. The predicted octanol–water partition coefficient (Wildman–Crippen LogP) is 3.37. The fraction of sp³-hybridized carbons (Fsp3) is 0.667. The van der Waals surface area contributed by atoms with Crippen molar-refractivity contribution in [1.82, 2.24) is 25.3 Å². The van der Waals surface area contributed by atoms with Crippen LogP contribution in [-0.4, -0.2) is 102 Å². The molecule has 0 aliphatic carbocycles. The van der Waals surface area contributed by atoms with Crippen LogP contribution in [0.15, 0.2) is 18.2 Å². The number of likely N-dealkylation sites (tertiary alicyclic amines) is 2. The van der Waals surface area contributed by atoms with Gasteiger partial charge in [0, 0.05) is 39.2 Å². The fourth-order valence-corrected chi connectivity index (χ4v) is 5.50. The maximum atomic E-state index is 14.2. The first-order chi connectivity index (χ1) is 19.9. The highest BCUT2D eigenvalue weighted by Crippen LogP contribution is 2.37. The number of carbonyl (C=O) groups is 4. The number of halogens is 2. The van der Waals surface area contributed by atoms with Crippen LogP contribution in [0.4, 0.5) is 18.4 Å². The Kier molecular flexibility index (Phi) is 10.2. The van der Waals surface area contributed by atoms with Gasteiger partial charge >= 0.3 is 12.1 Å². The molecule has 2 fully saturated rings. The summed E-state index contributed by atoms with van der Waals surface area (Å²) in [6.45, 7) is 12.9. The molecule has 3 rings (SSSR count). The van der Waals surface area contributed by atoms with E-state index in [1.54, 1.807) is 37.5 Å². The van der Waals surface area contributed by atoms with E-state index in [-0.39, 0.29) is 42.8 Å². The minimum atomic E-state index is -1.04. The number of hydrogen-bond donors (Lipinski definition) is 2. The summed E-state index contributed by atoms with van der Waals surface area (Å²) in [5, 5.41) is 5.50. The number of rotatable bonds is 7. The maximum absolute atomic E-state index is 14.2. The van der Waals surface area contributed by atoms with Crippen LogP contribution in [0, 0.1) is 23.0 Å². The summed E-state index contributed by atoms with van der Waals surface area (Å²) in [6, 6.07) is 0.355. The molecule has 2 saturated heterocycles. The van der Waals surface area contributed by atoms with Gasteiger partial charge < -0.3 is 29.9 Å². The molecule has 11 nitrogen and oxygen atoms in total. The number of benzene rings is 1. The van der Waals surface area contributed by atoms with Crippen molar-refractivity contribution >= 4 is 23.9 Å². The molecule has 1 aromatic carbocycles. The van der Waals surface area contributed by atoms with Gasteiger partial charge in [-0.2, -0.15) is 0 Å². The number of ether oxygens (including phenoxy) is 2. The van der Waals surface area contributed by atoms with E-state index >= 15 is 0 Å². The van der Waals surface area contributed by atoms with Crippen molar-refractivity contribution < 1.29 is 37.4 Å². The van der Waals surface area contributed by atoms with Crippen LogP contribution in [-0.2, 0) is 14.3 Å². The second-order valence-electron chi connectivity index (χ2n) is 13.3. The third-order valence-electron chi connectivity index (χ3n) is 7.89. The SMILES string of the molecule is CNC(=O)N1C[C@H](COc2ccc(F)c(F)c2)C2C1CCN2C(=O)C(NC(=O)[C@H](C)N(C)C(=O)OC(C)(C)C)C(C)(C)C. The summed E-state index contributed by atoms with van der Waals surface area (Å²) in [7, 11) is 2.99. The number of carbonyl (C=O) groups excluding carboxylic acids is 4. The van der Waals surface area contributed by atoms with Gasteiger partial charge in [0.05, 0.1) is 18.7 Å². The average Bonchev–Trinajstić information content (AvgIpc) is 3.50. The lowest BCUT2D eigenvalue weighted by Gasteiger charge is -2.38. The summed E-state index contributed by atoms with van der Waals surface area (Å²) in [4.78, 5) is 57.4. The Morgan fingerprint density at radius 3 is 2.28 bits per heavy atom. The zero-order valence-corrected chi connectivity index (χ0v) is 26.5. The molecule has 1 aromatic rings. The highest BCUT2D eigenvalue weighted by Gasteiger charge is 2.53. The number of hydrogen-bond acceptors (Lipinski definition) is 6. The van der Waals surface area contributed by atoms with Crippen molar-refractivity contribution in [1.29, 1.82) is 0 Å². The van der Waals surface area contributed by atoms with Crippen LogP contribution in [0.5, 0.6) is 5.75 Å². The van der Waals surface area contributed by atoms with Crippen LogP contribution in [0.3, 0.4) is 0 Å². The first-order valence-corrected chi connectivity index (χ1v) is 14.5. The van der Waals surface area contributed by atoms with Gasteiger partial charge in [-0.1, -0.05) is 20.8 Å². The molecular weight excluding hydrogens is 564 g/mol. The van der Waals surface area contributed by atoms with Crippen LogP contribution < -0.4 is 15.4 Å². The third kappa shape index (κ3) is 7.85. The fourth-order valence-electron chi connectivity index (χ4n) is 5.50. The van der Waals surface area contributed by atoms with Gasteiger partial charge in [0.2, 0.25) is 11.8 Å². The van der Waals surface area contributed by atoms with Crippen molar-refractivity contribution in [2.45, 2.75) is 84.7 Å². The number of amides is 5. The predicted molar refractivity (Wildman–Crippen MR) is 155 cm³/mol. The minimum absolute atomic E-state index is 0.0494. The average molecular weight is 610 g/mol. The second kappa shape index (κ2) is 12.9. The van der Waals surface area contributed by atoms with E-state index < -0.39 is 52.8 Å². The van der Waals surface area contributed by atoms with Gasteiger partial charge in [0.25, 0.3) is 0 Å². The Hall–Kier alpha value is -3.64. The van der Waals surface area contributed by atoms with Crippen LogP contribution >= 0.6 is 0 Å². The molecule has 13 heteroatoms. The van der Waals surface area contributed by atoms with Crippen LogP contribution in [0.1, 0.15) is 54.9 Å². The van der Waals surface area contributed by atoms with Crippen LogP contribution in [0.2, 0.25) is 0 Å². The molecule has 0 bridgehead atoms. The Morgan fingerprint density at radius 2 is 1.72 bits per heavy atom. The highest BCUT2D eigenvalue weighted by atomic mass is 19.2. The van der Waals surface area contributed by atoms with E-state index in [1.807, 2.05) is 20.8 Å². The van der Waals surface area contributed by atoms with E-state index in [2.05, 4.69) is 10.6 Å². The molecule has 240 valence electrons. The van der Waals surface area contributed by atoms with E-state index in [9.17, 15) is 28.0 Å².